The van der Waals surface area contributed by atoms with E-state index in [1.54, 1.807) is 22.8 Å². The van der Waals surface area contributed by atoms with E-state index in [1.807, 2.05) is 19.1 Å². The number of benzene rings is 1. The van der Waals surface area contributed by atoms with Crippen molar-refractivity contribution in [2.45, 2.75) is 24.4 Å². The van der Waals surface area contributed by atoms with Crippen LogP contribution in [0, 0.1) is 0 Å². The van der Waals surface area contributed by atoms with Gasteiger partial charge in [-0.3, -0.25) is 9.36 Å². The Morgan fingerprint density at radius 2 is 2.16 bits per heavy atom. The van der Waals surface area contributed by atoms with Gasteiger partial charge in [-0.2, -0.15) is 0 Å². The van der Waals surface area contributed by atoms with Crippen molar-refractivity contribution in [3.63, 3.8) is 0 Å². The summed E-state index contributed by atoms with van der Waals surface area (Å²) >= 11 is 4.77. The number of methoxy groups -OCH3 is 1. The molecule has 6 nitrogen and oxygen atoms in total. The Morgan fingerprint density at radius 3 is 2.88 bits per heavy atom. The third kappa shape index (κ3) is 3.64. The fourth-order valence-corrected chi connectivity index (χ4v) is 3.68. The van der Waals surface area contributed by atoms with Gasteiger partial charge in [0.1, 0.15) is 5.76 Å². The number of halogens is 1. The number of carbonyl (C=O) groups is 1. The quantitative estimate of drug-likeness (QED) is 0.353. The standard InChI is InChI=1S/C17H15BrN2O4S/c1-3-20-15(21)12-8-10(18)4-6-13(12)19-17(20)25-9-11-5-7-14(24-11)16(22)23-2/h4-8H,3,9H2,1-2H3. The molecule has 0 bridgehead atoms. The number of ether oxygens (including phenoxy) is 1. The Hall–Kier alpha value is -2.06. The molecule has 0 spiro atoms. The van der Waals surface area contributed by atoms with Crippen molar-refractivity contribution in [1.82, 2.24) is 9.55 Å². The third-order valence-corrected chi connectivity index (χ3v) is 5.08. The van der Waals surface area contributed by atoms with E-state index in [-0.39, 0.29) is 11.3 Å². The van der Waals surface area contributed by atoms with Crippen molar-refractivity contribution in [3.8, 4) is 0 Å². The molecule has 2 aromatic heterocycles. The molecule has 1 aromatic carbocycles. The highest BCUT2D eigenvalue weighted by Crippen LogP contribution is 2.24. The topological polar surface area (TPSA) is 74.3 Å². The summed E-state index contributed by atoms with van der Waals surface area (Å²) < 4.78 is 12.5. The molecule has 130 valence electrons. The second-order valence-corrected chi connectivity index (χ2v) is 7.01. The minimum absolute atomic E-state index is 0.0778. The molecule has 0 aliphatic carbocycles. The third-order valence-electron chi connectivity index (χ3n) is 3.59. The highest BCUT2D eigenvalue weighted by Gasteiger charge is 2.14. The smallest absolute Gasteiger partial charge is 0.373 e. The van der Waals surface area contributed by atoms with E-state index >= 15 is 0 Å². The SMILES string of the molecule is CCn1c(SCc2ccc(C(=O)OC)o2)nc2ccc(Br)cc2c1=O. The lowest BCUT2D eigenvalue weighted by molar-refractivity contribution is 0.0563. The fourth-order valence-electron chi connectivity index (χ4n) is 2.36. The lowest BCUT2D eigenvalue weighted by atomic mass is 10.2. The van der Waals surface area contributed by atoms with Crippen LogP contribution in [0.1, 0.15) is 23.2 Å². The molecular formula is C17H15BrN2O4S. The molecule has 0 saturated carbocycles. The largest absolute Gasteiger partial charge is 0.463 e. The molecule has 2 heterocycles. The van der Waals surface area contributed by atoms with Crippen LogP contribution in [0.2, 0.25) is 0 Å². The number of esters is 1. The summed E-state index contributed by atoms with van der Waals surface area (Å²) in [6.45, 7) is 2.42. The zero-order valence-electron chi connectivity index (χ0n) is 13.6. The van der Waals surface area contributed by atoms with Crippen molar-refractivity contribution in [3.05, 3.63) is 56.7 Å². The minimum atomic E-state index is -0.517. The van der Waals surface area contributed by atoms with Crippen LogP contribution in [0.15, 0.2) is 49.2 Å². The first-order chi connectivity index (χ1) is 12.0. The minimum Gasteiger partial charge on any atom is -0.463 e. The van der Waals surface area contributed by atoms with Gasteiger partial charge in [0.2, 0.25) is 5.76 Å². The van der Waals surface area contributed by atoms with Gasteiger partial charge in [0.15, 0.2) is 5.16 Å². The number of fused-ring (bicyclic) bond motifs is 1. The molecule has 0 saturated heterocycles. The first kappa shape index (κ1) is 17.8. The van der Waals surface area contributed by atoms with Crippen LogP contribution >= 0.6 is 27.7 Å². The lowest BCUT2D eigenvalue weighted by Crippen LogP contribution is -2.22. The molecule has 3 rings (SSSR count). The normalized spacial score (nSPS) is 11.0. The van der Waals surface area contributed by atoms with Crippen molar-refractivity contribution < 1.29 is 13.9 Å². The summed E-state index contributed by atoms with van der Waals surface area (Å²) in [4.78, 5) is 28.7. The van der Waals surface area contributed by atoms with E-state index in [0.717, 1.165) is 4.47 Å². The number of hydrogen-bond donors (Lipinski definition) is 0. The average molecular weight is 423 g/mol. The highest BCUT2D eigenvalue weighted by molar-refractivity contribution is 9.10. The van der Waals surface area contributed by atoms with Crippen LogP contribution in [0.4, 0.5) is 0 Å². The molecular weight excluding hydrogens is 408 g/mol. The Labute approximate surface area is 156 Å². The van der Waals surface area contributed by atoms with Gasteiger partial charge in [0.25, 0.3) is 5.56 Å². The van der Waals surface area contributed by atoms with E-state index in [2.05, 4.69) is 25.7 Å². The van der Waals surface area contributed by atoms with Crippen LogP contribution in [-0.2, 0) is 17.0 Å². The summed E-state index contributed by atoms with van der Waals surface area (Å²) in [5, 5.41) is 1.19. The maximum atomic E-state index is 12.7. The lowest BCUT2D eigenvalue weighted by Gasteiger charge is -2.10. The Kier molecular flexibility index (Phi) is 5.29. The predicted molar refractivity (Wildman–Crippen MR) is 99.0 cm³/mol. The molecule has 25 heavy (non-hydrogen) atoms. The van der Waals surface area contributed by atoms with Crippen molar-refractivity contribution in [1.29, 1.82) is 0 Å². The van der Waals surface area contributed by atoms with E-state index in [0.29, 0.717) is 34.1 Å². The van der Waals surface area contributed by atoms with Crippen LogP contribution in [-0.4, -0.2) is 22.6 Å². The molecule has 0 unspecified atom stereocenters. The van der Waals surface area contributed by atoms with E-state index in [9.17, 15) is 9.59 Å². The number of furan rings is 1. The van der Waals surface area contributed by atoms with Gasteiger partial charge < -0.3 is 9.15 Å². The fraction of sp³-hybridized carbons (Fsp3) is 0.235. The van der Waals surface area contributed by atoms with E-state index < -0.39 is 5.97 Å². The maximum absolute atomic E-state index is 12.7. The van der Waals surface area contributed by atoms with Gasteiger partial charge >= 0.3 is 5.97 Å². The number of nitrogens with zero attached hydrogens (tertiary/aromatic N) is 2. The first-order valence-electron chi connectivity index (χ1n) is 7.53. The number of carbonyl (C=O) groups excluding carboxylic acids is 1. The van der Waals surface area contributed by atoms with Crippen LogP contribution in [0.5, 0.6) is 0 Å². The van der Waals surface area contributed by atoms with Gasteiger partial charge in [-0.15, -0.1) is 0 Å². The molecule has 0 fully saturated rings. The van der Waals surface area contributed by atoms with Gasteiger partial charge in [-0.05, 0) is 37.3 Å². The number of rotatable bonds is 5. The Morgan fingerprint density at radius 1 is 1.36 bits per heavy atom. The van der Waals surface area contributed by atoms with E-state index in [1.165, 1.54) is 18.9 Å². The summed E-state index contributed by atoms with van der Waals surface area (Å²) in [7, 11) is 1.30. The van der Waals surface area contributed by atoms with Crippen LogP contribution in [0.25, 0.3) is 10.9 Å². The van der Waals surface area contributed by atoms with Gasteiger partial charge in [-0.1, -0.05) is 27.7 Å². The summed E-state index contributed by atoms with van der Waals surface area (Å²) in [5.41, 5.74) is 0.570. The van der Waals surface area contributed by atoms with Gasteiger partial charge in [0.05, 0.1) is 23.8 Å². The molecule has 8 heteroatoms. The molecule has 0 N–H and O–H groups in total. The zero-order valence-corrected chi connectivity index (χ0v) is 16.0. The molecule has 0 amide bonds. The molecule has 0 atom stereocenters. The van der Waals surface area contributed by atoms with Crippen molar-refractivity contribution in [2.75, 3.05) is 7.11 Å². The molecule has 0 aliphatic rings. The van der Waals surface area contributed by atoms with Gasteiger partial charge in [-0.25, -0.2) is 9.78 Å². The average Bonchev–Trinajstić information content (AvgIpc) is 3.09. The number of aromatic nitrogens is 2. The first-order valence-corrected chi connectivity index (χ1v) is 9.31. The number of hydrogen-bond acceptors (Lipinski definition) is 6. The second-order valence-electron chi connectivity index (χ2n) is 5.15. The van der Waals surface area contributed by atoms with Crippen molar-refractivity contribution in [2.24, 2.45) is 0 Å². The van der Waals surface area contributed by atoms with E-state index in [4.69, 9.17) is 4.42 Å². The predicted octanol–water partition coefficient (Wildman–Crippen LogP) is 3.85. The van der Waals surface area contributed by atoms with Gasteiger partial charge in [0, 0.05) is 11.0 Å². The Bertz CT molecular complexity index is 996. The molecule has 0 radical (unpaired) electrons. The van der Waals surface area contributed by atoms with Crippen molar-refractivity contribution >= 4 is 44.6 Å². The monoisotopic (exact) mass is 422 g/mol. The maximum Gasteiger partial charge on any atom is 0.373 e. The zero-order chi connectivity index (χ0) is 18.0. The highest BCUT2D eigenvalue weighted by atomic mass is 79.9. The van der Waals surface area contributed by atoms with Crippen LogP contribution in [0.3, 0.4) is 0 Å². The van der Waals surface area contributed by atoms with Crippen LogP contribution < -0.4 is 5.56 Å². The Balaban J connectivity index is 1.90. The molecule has 0 aliphatic heterocycles. The number of thioether (sulfide) groups is 1. The summed E-state index contributed by atoms with van der Waals surface area (Å²) in [6.07, 6.45) is 0. The summed E-state index contributed by atoms with van der Waals surface area (Å²) in [5.74, 6) is 0.697. The molecule has 3 aromatic rings. The summed E-state index contributed by atoms with van der Waals surface area (Å²) in [6, 6.07) is 8.73. The second kappa shape index (κ2) is 7.45.